The minimum absolute atomic E-state index is 0.0801. The van der Waals surface area contributed by atoms with Crippen molar-refractivity contribution in [2.24, 2.45) is 11.8 Å². The number of hydrogen-bond donors (Lipinski definition) is 3. The molecule has 11 heteroatoms. The zero-order chi connectivity index (χ0) is 27.6. The zero-order valence-electron chi connectivity index (χ0n) is 22.3. The number of nitrogens with one attached hydrogen (secondary N) is 3. The fourth-order valence-electron chi connectivity index (χ4n) is 5.39. The van der Waals surface area contributed by atoms with Crippen LogP contribution in [0.4, 0.5) is 21.7 Å². The molecule has 1 atom stereocenters. The molecule has 0 unspecified atom stereocenters. The molecule has 0 radical (unpaired) electrons. The van der Waals surface area contributed by atoms with Crippen LogP contribution in [0.15, 0.2) is 59.6 Å². The number of ether oxygens (including phenoxy) is 1. The first-order valence-corrected chi connectivity index (χ1v) is 13.2. The number of piperidine rings is 1. The van der Waals surface area contributed by atoms with Crippen LogP contribution < -0.4 is 10.6 Å². The fourth-order valence-corrected chi connectivity index (χ4v) is 5.39. The van der Waals surface area contributed by atoms with Gasteiger partial charge >= 0.3 is 0 Å². The van der Waals surface area contributed by atoms with Crippen molar-refractivity contribution < 1.29 is 18.3 Å². The number of methoxy groups -OCH3 is 1. The van der Waals surface area contributed by atoms with Crippen molar-refractivity contribution in [3.05, 3.63) is 61.0 Å². The number of aromatic amines is 1. The van der Waals surface area contributed by atoms with Gasteiger partial charge in [0.1, 0.15) is 11.2 Å². The van der Waals surface area contributed by atoms with Crippen LogP contribution in [-0.4, -0.2) is 64.6 Å². The molecule has 0 bridgehead atoms. The number of carbonyl (C=O) groups excluding carboxylic acids is 1. The van der Waals surface area contributed by atoms with Crippen LogP contribution in [0, 0.1) is 17.7 Å². The fraction of sp³-hybridized carbons (Fsp3) is 0.310. The number of amides is 1. The molecule has 1 saturated heterocycles. The Hall–Kier alpha value is -4.35. The molecule has 1 aliphatic rings. The van der Waals surface area contributed by atoms with Crippen molar-refractivity contribution in [3.63, 3.8) is 0 Å². The largest absolute Gasteiger partial charge is 0.443 e. The molecule has 206 valence electrons. The topological polar surface area (TPSA) is 121 Å². The molecular formula is C29H30FN7O3. The smallest absolute Gasteiger partial charge is 0.230 e. The molecule has 40 heavy (non-hydrogen) atoms. The molecule has 0 spiro atoms. The van der Waals surface area contributed by atoms with E-state index >= 15 is 4.39 Å². The van der Waals surface area contributed by atoms with Crippen molar-refractivity contribution >= 4 is 45.2 Å². The molecule has 3 N–H and O–H groups in total. The average molecular weight is 544 g/mol. The van der Waals surface area contributed by atoms with E-state index in [0.717, 1.165) is 43.0 Å². The molecule has 5 aromatic rings. The lowest BCUT2D eigenvalue weighted by Gasteiger charge is -2.33. The third-order valence-corrected chi connectivity index (χ3v) is 7.58. The lowest BCUT2D eigenvalue weighted by atomic mass is 9.84. The van der Waals surface area contributed by atoms with Gasteiger partial charge in [-0.05, 0) is 57.1 Å². The number of benzene rings is 2. The summed E-state index contributed by atoms with van der Waals surface area (Å²) in [6, 6.07) is 10.9. The molecule has 0 aliphatic carbocycles. The van der Waals surface area contributed by atoms with E-state index in [1.807, 2.05) is 30.3 Å². The van der Waals surface area contributed by atoms with Crippen LogP contribution in [0.5, 0.6) is 0 Å². The van der Waals surface area contributed by atoms with Crippen LogP contribution in [0.2, 0.25) is 0 Å². The van der Waals surface area contributed by atoms with E-state index in [4.69, 9.17) is 9.15 Å². The highest BCUT2D eigenvalue weighted by Crippen LogP contribution is 2.34. The summed E-state index contributed by atoms with van der Waals surface area (Å²) in [5.41, 5.74) is 4.03. The number of carbonyl (C=O) groups is 1. The number of halogens is 1. The van der Waals surface area contributed by atoms with E-state index in [1.165, 1.54) is 6.39 Å². The normalized spacial score (nSPS) is 15.5. The zero-order valence-corrected chi connectivity index (χ0v) is 22.3. The van der Waals surface area contributed by atoms with E-state index in [9.17, 15) is 4.79 Å². The Balaban J connectivity index is 1.26. The van der Waals surface area contributed by atoms with Crippen LogP contribution in [-0.2, 0) is 9.53 Å². The third kappa shape index (κ3) is 5.13. The average Bonchev–Trinajstić information content (AvgIpc) is 3.61. The van der Waals surface area contributed by atoms with Crippen molar-refractivity contribution in [3.8, 4) is 11.3 Å². The van der Waals surface area contributed by atoms with Crippen molar-refractivity contribution in [2.75, 3.05) is 44.5 Å². The Morgan fingerprint density at radius 1 is 1.25 bits per heavy atom. The van der Waals surface area contributed by atoms with Gasteiger partial charge in [0.05, 0.1) is 29.9 Å². The number of nitrogens with zero attached hydrogens (tertiary/aromatic N) is 4. The Bertz CT molecular complexity index is 1660. The number of H-pyrrole nitrogens is 1. The summed E-state index contributed by atoms with van der Waals surface area (Å²) in [6.45, 7) is 2.28. The molecule has 1 amide bonds. The second kappa shape index (κ2) is 11.0. The number of anilines is 3. The predicted molar refractivity (Wildman–Crippen MR) is 151 cm³/mol. The van der Waals surface area contributed by atoms with E-state index in [2.05, 4.69) is 42.5 Å². The number of oxazole rings is 1. The maximum absolute atomic E-state index is 15.0. The van der Waals surface area contributed by atoms with Gasteiger partial charge in [-0.2, -0.15) is 0 Å². The summed E-state index contributed by atoms with van der Waals surface area (Å²) in [4.78, 5) is 31.6. The maximum Gasteiger partial charge on any atom is 0.230 e. The Morgan fingerprint density at radius 3 is 2.92 bits per heavy atom. The molecule has 10 nitrogen and oxygen atoms in total. The molecule has 3 aromatic heterocycles. The molecule has 1 fully saturated rings. The Labute approximate surface area is 230 Å². The van der Waals surface area contributed by atoms with Crippen LogP contribution in [0.1, 0.15) is 12.8 Å². The monoisotopic (exact) mass is 543 g/mol. The minimum Gasteiger partial charge on any atom is -0.443 e. The molecule has 4 heterocycles. The van der Waals surface area contributed by atoms with Crippen molar-refractivity contribution in [2.45, 2.75) is 12.8 Å². The quantitative estimate of drug-likeness (QED) is 0.244. The lowest BCUT2D eigenvalue weighted by Crippen LogP contribution is -2.39. The highest BCUT2D eigenvalue weighted by atomic mass is 19.1. The van der Waals surface area contributed by atoms with Gasteiger partial charge in [0.15, 0.2) is 17.8 Å². The number of hydrogen-bond acceptors (Lipinski definition) is 8. The molecule has 1 aliphatic heterocycles. The molecule has 2 aromatic carbocycles. The van der Waals surface area contributed by atoms with E-state index in [-0.39, 0.29) is 29.4 Å². The number of para-hydroxylation sites is 1. The number of rotatable bonds is 8. The highest BCUT2D eigenvalue weighted by Gasteiger charge is 2.31. The minimum atomic E-state index is -0.561. The van der Waals surface area contributed by atoms with Gasteiger partial charge in [-0.25, -0.2) is 19.3 Å². The lowest BCUT2D eigenvalue weighted by molar-refractivity contribution is -0.124. The van der Waals surface area contributed by atoms with E-state index < -0.39 is 5.82 Å². The van der Waals surface area contributed by atoms with Gasteiger partial charge < -0.3 is 29.7 Å². The van der Waals surface area contributed by atoms with E-state index in [0.29, 0.717) is 34.6 Å². The van der Waals surface area contributed by atoms with Crippen LogP contribution in [0.3, 0.4) is 0 Å². The van der Waals surface area contributed by atoms with Crippen molar-refractivity contribution in [1.82, 2.24) is 24.8 Å². The van der Waals surface area contributed by atoms with Gasteiger partial charge in [-0.3, -0.25) is 4.79 Å². The maximum atomic E-state index is 15.0. The number of aromatic nitrogens is 4. The number of likely N-dealkylation sites (tertiary alicyclic amines) is 1. The van der Waals surface area contributed by atoms with Gasteiger partial charge in [0, 0.05) is 36.0 Å². The molecular weight excluding hydrogens is 513 g/mol. The van der Waals surface area contributed by atoms with Gasteiger partial charge in [0.2, 0.25) is 11.9 Å². The Kier molecular flexibility index (Phi) is 7.14. The Morgan fingerprint density at radius 2 is 2.10 bits per heavy atom. The second-order valence-electron chi connectivity index (χ2n) is 10.2. The standard InChI is InChI=1S/C29H30FN7O3/c1-37-10-8-17(9-11-37)21(15-39-2)28(38)35-24-5-3-4-19-20(13-31-27(19)24)26-22(30)14-32-29(36-26)34-18-6-7-23-25(12-18)40-16-33-23/h3-7,12-14,16-17,21,31H,8-11,15H2,1-2H3,(H,35,38)(H,32,34,36)/t21-/m0/s1. The summed E-state index contributed by atoms with van der Waals surface area (Å²) in [6.07, 6.45) is 6.11. The molecule has 0 saturated carbocycles. The first kappa shape index (κ1) is 25.9. The van der Waals surface area contributed by atoms with Crippen molar-refractivity contribution in [1.29, 1.82) is 0 Å². The first-order valence-electron chi connectivity index (χ1n) is 13.2. The summed E-state index contributed by atoms with van der Waals surface area (Å²) in [5, 5.41) is 6.93. The van der Waals surface area contributed by atoms with Crippen LogP contribution in [0.25, 0.3) is 33.3 Å². The third-order valence-electron chi connectivity index (χ3n) is 7.58. The molecule has 6 rings (SSSR count). The summed E-state index contributed by atoms with van der Waals surface area (Å²) in [5.74, 6) is -0.417. The first-order chi connectivity index (χ1) is 19.5. The summed E-state index contributed by atoms with van der Waals surface area (Å²) >= 11 is 0. The summed E-state index contributed by atoms with van der Waals surface area (Å²) in [7, 11) is 3.72. The van der Waals surface area contributed by atoms with Crippen LogP contribution >= 0.6 is 0 Å². The van der Waals surface area contributed by atoms with Gasteiger partial charge in [-0.1, -0.05) is 12.1 Å². The summed E-state index contributed by atoms with van der Waals surface area (Å²) < 4.78 is 25.8. The van der Waals surface area contributed by atoms with Gasteiger partial charge in [0.25, 0.3) is 0 Å². The second-order valence-corrected chi connectivity index (χ2v) is 10.2. The van der Waals surface area contributed by atoms with E-state index in [1.54, 1.807) is 19.4 Å². The SMILES string of the molecule is COC[C@H](C(=O)Nc1cccc2c(-c3nc(Nc4ccc5ncoc5c4)ncc3F)c[nH]c12)C1CCN(C)CC1. The predicted octanol–water partition coefficient (Wildman–Crippen LogP) is 5.19. The number of fused-ring (bicyclic) bond motifs is 2. The highest BCUT2D eigenvalue weighted by molar-refractivity contribution is 6.06. The van der Waals surface area contributed by atoms with Gasteiger partial charge in [-0.15, -0.1) is 0 Å².